The van der Waals surface area contributed by atoms with Crippen LogP contribution in [0.4, 0.5) is 4.39 Å². The van der Waals surface area contributed by atoms with Crippen LogP contribution >= 0.6 is 0 Å². The Morgan fingerprint density at radius 1 is 1.29 bits per heavy atom. The molecule has 2 heterocycles. The number of likely N-dealkylation sites (tertiary alicyclic amines) is 1. The van der Waals surface area contributed by atoms with Crippen LogP contribution in [0.5, 0.6) is 0 Å². The number of nitrogens with zero attached hydrogens (tertiary/aromatic N) is 2. The lowest BCUT2D eigenvalue weighted by molar-refractivity contribution is 0.0691. The molecule has 0 unspecified atom stereocenters. The highest BCUT2D eigenvalue weighted by molar-refractivity contribution is 5.93. The Morgan fingerprint density at radius 2 is 1.95 bits per heavy atom. The number of carbonyl (C=O) groups excluding carboxylic acids is 1. The summed E-state index contributed by atoms with van der Waals surface area (Å²) in [5, 5.41) is 6.94. The molecule has 0 aliphatic carbocycles. The van der Waals surface area contributed by atoms with Crippen LogP contribution in [0.2, 0.25) is 0 Å². The molecule has 1 N–H and O–H groups in total. The van der Waals surface area contributed by atoms with Gasteiger partial charge in [-0.15, -0.1) is 0 Å². The highest BCUT2D eigenvalue weighted by atomic mass is 19.1. The molecule has 21 heavy (non-hydrogen) atoms. The van der Waals surface area contributed by atoms with Crippen LogP contribution in [0.3, 0.4) is 0 Å². The van der Waals surface area contributed by atoms with Crippen molar-refractivity contribution in [3.8, 4) is 11.3 Å². The van der Waals surface area contributed by atoms with E-state index in [1.54, 1.807) is 18.2 Å². The molecule has 1 aliphatic heterocycles. The topological polar surface area (TPSA) is 49.0 Å². The van der Waals surface area contributed by atoms with Gasteiger partial charge in [-0.05, 0) is 49.1 Å². The predicted octanol–water partition coefficient (Wildman–Crippen LogP) is 3.09. The lowest BCUT2D eigenvalue weighted by Crippen LogP contribution is -2.38. The van der Waals surface area contributed by atoms with Gasteiger partial charge in [0, 0.05) is 18.7 Å². The van der Waals surface area contributed by atoms with Crippen LogP contribution in [0.1, 0.15) is 30.3 Å². The van der Waals surface area contributed by atoms with Crippen molar-refractivity contribution >= 4 is 5.91 Å². The van der Waals surface area contributed by atoms with Crippen molar-refractivity contribution in [1.29, 1.82) is 0 Å². The molecule has 1 aromatic heterocycles. The molecule has 1 saturated heterocycles. The van der Waals surface area contributed by atoms with Crippen molar-refractivity contribution in [2.75, 3.05) is 13.1 Å². The maximum Gasteiger partial charge on any atom is 0.271 e. The summed E-state index contributed by atoms with van der Waals surface area (Å²) in [6.07, 6.45) is 2.09. The third-order valence-electron chi connectivity index (χ3n) is 4.02. The zero-order chi connectivity index (χ0) is 14.8. The minimum atomic E-state index is -0.284. The van der Waals surface area contributed by atoms with E-state index in [1.165, 1.54) is 12.1 Å². The lowest BCUT2D eigenvalue weighted by atomic mass is 9.99. The molecule has 3 rings (SSSR count). The van der Waals surface area contributed by atoms with Crippen LogP contribution in [0.25, 0.3) is 11.3 Å². The van der Waals surface area contributed by atoms with Gasteiger partial charge in [0.25, 0.3) is 5.91 Å². The number of nitrogens with one attached hydrogen (secondary N) is 1. The van der Waals surface area contributed by atoms with Gasteiger partial charge in [0.2, 0.25) is 0 Å². The van der Waals surface area contributed by atoms with Crippen LogP contribution in [0.15, 0.2) is 30.3 Å². The van der Waals surface area contributed by atoms with E-state index < -0.39 is 0 Å². The second-order valence-electron chi connectivity index (χ2n) is 5.65. The maximum absolute atomic E-state index is 12.9. The number of halogens is 1. The zero-order valence-corrected chi connectivity index (χ0v) is 12.0. The minimum Gasteiger partial charge on any atom is -0.337 e. The minimum absolute atomic E-state index is 0.0113. The summed E-state index contributed by atoms with van der Waals surface area (Å²) in [4.78, 5) is 14.3. The molecule has 1 fully saturated rings. The standard InChI is InChI=1S/C16H18FN3O/c1-11-6-8-20(9-7-11)16(21)15-10-14(18-19-15)12-2-4-13(17)5-3-12/h2-5,10-11H,6-9H2,1H3,(H,18,19). The van der Waals surface area contributed by atoms with E-state index in [4.69, 9.17) is 0 Å². The van der Waals surface area contributed by atoms with Crippen molar-refractivity contribution in [3.63, 3.8) is 0 Å². The smallest absolute Gasteiger partial charge is 0.271 e. The predicted molar refractivity (Wildman–Crippen MR) is 78.3 cm³/mol. The molecule has 4 nitrogen and oxygen atoms in total. The summed E-state index contributed by atoms with van der Waals surface area (Å²) in [6, 6.07) is 7.81. The van der Waals surface area contributed by atoms with Crippen molar-refractivity contribution < 1.29 is 9.18 Å². The van der Waals surface area contributed by atoms with Crippen molar-refractivity contribution in [1.82, 2.24) is 15.1 Å². The van der Waals surface area contributed by atoms with Crippen LogP contribution in [-0.2, 0) is 0 Å². The molecule has 1 aliphatic rings. The molecule has 110 valence electrons. The van der Waals surface area contributed by atoms with Gasteiger partial charge in [-0.3, -0.25) is 9.89 Å². The summed E-state index contributed by atoms with van der Waals surface area (Å²) in [5.41, 5.74) is 1.94. The number of amides is 1. The number of aromatic nitrogens is 2. The highest BCUT2D eigenvalue weighted by Gasteiger charge is 2.22. The Bertz CT molecular complexity index is 627. The summed E-state index contributed by atoms with van der Waals surface area (Å²) in [5.74, 6) is 0.390. The number of piperidine rings is 1. The van der Waals surface area contributed by atoms with Gasteiger partial charge in [0.15, 0.2) is 0 Å². The lowest BCUT2D eigenvalue weighted by Gasteiger charge is -2.29. The van der Waals surface area contributed by atoms with E-state index in [2.05, 4.69) is 17.1 Å². The Morgan fingerprint density at radius 3 is 2.62 bits per heavy atom. The maximum atomic E-state index is 12.9. The van der Waals surface area contributed by atoms with Gasteiger partial charge in [0.05, 0.1) is 5.69 Å². The quantitative estimate of drug-likeness (QED) is 0.922. The molecule has 0 radical (unpaired) electrons. The van der Waals surface area contributed by atoms with Gasteiger partial charge < -0.3 is 4.90 Å². The van der Waals surface area contributed by atoms with E-state index in [-0.39, 0.29) is 11.7 Å². The number of aromatic amines is 1. The Labute approximate surface area is 123 Å². The highest BCUT2D eigenvalue weighted by Crippen LogP contribution is 2.21. The van der Waals surface area contributed by atoms with Gasteiger partial charge in [-0.25, -0.2) is 4.39 Å². The van der Waals surface area contributed by atoms with Crippen molar-refractivity contribution in [2.45, 2.75) is 19.8 Å². The average Bonchev–Trinajstić information content (AvgIpc) is 2.98. The molecule has 1 amide bonds. The number of carbonyl (C=O) groups is 1. The molecule has 1 aromatic carbocycles. The van der Waals surface area contributed by atoms with Gasteiger partial charge in [-0.1, -0.05) is 6.92 Å². The van der Waals surface area contributed by atoms with E-state index in [0.29, 0.717) is 17.3 Å². The Hall–Kier alpha value is -2.17. The summed E-state index contributed by atoms with van der Waals surface area (Å²) >= 11 is 0. The van der Waals surface area contributed by atoms with E-state index in [9.17, 15) is 9.18 Å². The first-order valence-corrected chi connectivity index (χ1v) is 7.24. The normalized spacial score (nSPS) is 16.2. The third-order valence-corrected chi connectivity index (χ3v) is 4.02. The molecule has 2 aromatic rings. The van der Waals surface area contributed by atoms with Crippen molar-refractivity contribution in [2.24, 2.45) is 5.92 Å². The number of rotatable bonds is 2. The van der Waals surface area contributed by atoms with Gasteiger partial charge >= 0.3 is 0 Å². The molecule has 0 saturated carbocycles. The van der Waals surface area contributed by atoms with Gasteiger partial charge in [-0.2, -0.15) is 5.10 Å². The van der Waals surface area contributed by atoms with Crippen LogP contribution < -0.4 is 0 Å². The molecular formula is C16H18FN3O. The SMILES string of the molecule is CC1CCN(C(=O)c2cc(-c3ccc(F)cc3)n[nH]2)CC1. The summed E-state index contributed by atoms with van der Waals surface area (Å²) in [7, 11) is 0. The van der Waals surface area contributed by atoms with E-state index >= 15 is 0 Å². The Kier molecular flexibility index (Phi) is 3.73. The van der Waals surface area contributed by atoms with Crippen LogP contribution in [0, 0.1) is 11.7 Å². The van der Waals surface area contributed by atoms with E-state index in [0.717, 1.165) is 31.5 Å². The fraction of sp³-hybridized carbons (Fsp3) is 0.375. The third kappa shape index (κ3) is 2.96. The van der Waals surface area contributed by atoms with Crippen molar-refractivity contribution in [3.05, 3.63) is 41.8 Å². The number of H-pyrrole nitrogens is 1. The largest absolute Gasteiger partial charge is 0.337 e. The summed E-state index contributed by atoms with van der Waals surface area (Å²) < 4.78 is 12.9. The number of benzene rings is 1. The second-order valence-corrected chi connectivity index (χ2v) is 5.65. The molecule has 0 spiro atoms. The first-order chi connectivity index (χ1) is 10.1. The molecule has 0 atom stereocenters. The van der Waals surface area contributed by atoms with Gasteiger partial charge in [0.1, 0.15) is 11.5 Å². The fourth-order valence-electron chi connectivity index (χ4n) is 2.58. The first kappa shape index (κ1) is 13.8. The number of hydrogen-bond donors (Lipinski definition) is 1. The fourth-order valence-corrected chi connectivity index (χ4v) is 2.58. The molecule has 0 bridgehead atoms. The zero-order valence-electron chi connectivity index (χ0n) is 12.0. The average molecular weight is 287 g/mol. The number of hydrogen-bond acceptors (Lipinski definition) is 2. The Balaban J connectivity index is 1.75. The monoisotopic (exact) mass is 287 g/mol. The first-order valence-electron chi connectivity index (χ1n) is 7.24. The molecule has 5 heteroatoms. The van der Waals surface area contributed by atoms with E-state index in [1.807, 2.05) is 4.90 Å². The second kappa shape index (κ2) is 5.68. The molecular weight excluding hydrogens is 269 g/mol. The summed E-state index contributed by atoms with van der Waals surface area (Å²) in [6.45, 7) is 3.81. The van der Waals surface area contributed by atoms with Crippen LogP contribution in [-0.4, -0.2) is 34.1 Å².